The predicted octanol–water partition coefficient (Wildman–Crippen LogP) is 3.86. The van der Waals surface area contributed by atoms with Crippen molar-refractivity contribution in [3.05, 3.63) is 70.5 Å². The summed E-state index contributed by atoms with van der Waals surface area (Å²) in [6.07, 6.45) is 0. The summed E-state index contributed by atoms with van der Waals surface area (Å²) in [7, 11) is 0. The molecule has 3 rings (SSSR count). The summed E-state index contributed by atoms with van der Waals surface area (Å²) < 4.78 is 13.7. The van der Waals surface area contributed by atoms with E-state index in [9.17, 15) is 14.0 Å². The molecule has 0 bridgehead atoms. The van der Waals surface area contributed by atoms with Crippen molar-refractivity contribution < 1.29 is 14.0 Å². The number of nitrogens with one attached hydrogen (secondary N) is 1. The van der Waals surface area contributed by atoms with Crippen LogP contribution in [0.2, 0.25) is 5.02 Å². The molecule has 1 aliphatic rings. The van der Waals surface area contributed by atoms with Gasteiger partial charge in [0.1, 0.15) is 5.82 Å². The normalized spacial score (nSPS) is 19.4. The summed E-state index contributed by atoms with van der Waals surface area (Å²) in [4.78, 5) is 27.3. The zero-order valence-corrected chi connectivity index (χ0v) is 16.0. The summed E-state index contributed by atoms with van der Waals surface area (Å²) in [5, 5.41) is 3.40. The van der Waals surface area contributed by atoms with E-state index in [4.69, 9.17) is 11.6 Å². The molecular weight excluding hydrogens is 367 g/mol. The van der Waals surface area contributed by atoms with Gasteiger partial charge in [-0.25, -0.2) is 4.39 Å². The Bertz CT molecular complexity index is 856. The zero-order valence-electron chi connectivity index (χ0n) is 15.3. The molecule has 0 aliphatic carbocycles. The molecule has 1 heterocycles. The van der Waals surface area contributed by atoms with Gasteiger partial charge < -0.3 is 10.2 Å². The Balaban J connectivity index is 1.88. The fourth-order valence-electron chi connectivity index (χ4n) is 3.51. The number of likely N-dealkylation sites (tertiary alicyclic amines) is 1. The average Bonchev–Trinajstić information content (AvgIpc) is 3.06. The standard InChI is InChI=1S/C21H22ClFN2O2/c1-13(2)24-20(26)19-12-25(21(27)15-6-3-7-16(22)9-15)11-18(19)14-5-4-8-17(23)10-14/h3-10,13,18-19H,11-12H2,1-2H3,(H,24,26)/t18-,19+/m1/s1. The van der Waals surface area contributed by atoms with Crippen LogP contribution < -0.4 is 5.32 Å². The van der Waals surface area contributed by atoms with E-state index in [1.165, 1.54) is 12.1 Å². The SMILES string of the molecule is CC(C)NC(=O)[C@H]1CN(C(=O)c2cccc(Cl)c2)C[C@@H]1c1cccc(F)c1. The Morgan fingerprint density at radius 2 is 1.89 bits per heavy atom. The Hall–Kier alpha value is -2.40. The third-order valence-electron chi connectivity index (χ3n) is 4.72. The Labute approximate surface area is 163 Å². The summed E-state index contributed by atoms with van der Waals surface area (Å²) in [6.45, 7) is 4.41. The molecule has 2 aromatic carbocycles. The molecule has 2 atom stereocenters. The summed E-state index contributed by atoms with van der Waals surface area (Å²) in [6, 6.07) is 13.0. The van der Waals surface area contributed by atoms with E-state index in [1.807, 2.05) is 13.8 Å². The van der Waals surface area contributed by atoms with E-state index >= 15 is 0 Å². The average molecular weight is 389 g/mol. The molecule has 6 heteroatoms. The van der Waals surface area contributed by atoms with Gasteiger partial charge in [0, 0.05) is 35.6 Å². The second-order valence-electron chi connectivity index (χ2n) is 7.15. The molecule has 142 valence electrons. The van der Waals surface area contributed by atoms with Gasteiger partial charge in [-0.3, -0.25) is 9.59 Å². The highest BCUT2D eigenvalue weighted by Crippen LogP contribution is 2.34. The second kappa shape index (κ2) is 8.09. The molecule has 1 aliphatic heterocycles. The predicted molar refractivity (Wildman–Crippen MR) is 103 cm³/mol. The first-order valence-electron chi connectivity index (χ1n) is 8.96. The molecule has 0 unspecified atom stereocenters. The van der Waals surface area contributed by atoms with Gasteiger partial charge in [-0.2, -0.15) is 0 Å². The van der Waals surface area contributed by atoms with Crippen LogP contribution in [0.15, 0.2) is 48.5 Å². The van der Waals surface area contributed by atoms with Gasteiger partial charge in [-0.1, -0.05) is 29.8 Å². The summed E-state index contributed by atoms with van der Waals surface area (Å²) >= 11 is 6.00. The largest absolute Gasteiger partial charge is 0.354 e. The first-order chi connectivity index (χ1) is 12.8. The van der Waals surface area contributed by atoms with Gasteiger partial charge in [0.05, 0.1) is 5.92 Å². The highest BCUT2D eigenvalue weighted by Gasteiger charge is 2.40. The Morgan fingerprint density at radius 1 is 1.15 bits per heavy atom. The van der Waals surface area contributed by atoms with Gasteiger partial charge in [0.25, 0.3) is 5.91 Å². The lowest BCUT2D eigenvalue weighted by molar-refractivity contribution is -0.125. The van der Waals surface area contributed by atoms with E-state index in [0.717, 1.165) is 5.56 Å². The first kappa shape index (κ1) is 19.4. The van der Waals surface area contributed by atoms with E-state index in [1.54, 1.807) is 41.3 Å². The van der Waals surface area contributed by atoms with Crippen LogP contribution in [0.5, 0.6) is 0 Å². The van der Waals surface area contributed by atoms with Crippen molar-refractivity contribution in [2.45, 2.75) is 25.8 Å². The van der Waals surface area contributed by atoms with E-state index < -0.39 is 5.92 Å². The van der Waals surface area contributed by atoms with Crippen molar-refractivity contribution in [2.75, 3.05) is 13.1 Å². The number of rotatable bonds is 4. The van der Waals surface area contributed by atoms with Crippen LogP contribution in [0, 0.1) is 11.7 Å². The maximum absolute atomic E-state index is 13.7. The van der Waals surface area contributed by atoms with Crippen molar-refractivity contribution in [1.29, 1.82) is 0 Å². The highest BCUT2D eigenvalue weighted by molar-refractivity contribution is 6.30. The lowest BCUT2D eigenvalue weighted by Gasteiger charge is -2.19. The summed E-state index contributed by atoms with van der Waals surface area (Å²) in [5.74, 6) is -1.35. The van der Waals surface area contributed by atoms with Crippen LogP contribution in [0.1, 0.15) is 35.7 Å². The number of hydrogen-bond donors (Lipinski definition) is 1. The minimum atomic E-state index is -0.433. The van der Waals surface area contributed by atoms with Gasteiger partial charge in [-0.05, 0) is 49.7 Å². The summed E-state index contributed by atoms with van der Waals surface area (Å²) in [5.41, 5.74) is 1.20. The first-order valence-corrected chi connectivity index (χ1v) is 9.33. The molecule has 1 N–H and O–H groups in total. The number of halogens is 2. The highest BCUT2D eigenvalue weighted by atomic mass is 35.5. The van der Waals surface area contributed by atoms with E-state index in [2.05, 4.69) is 5.32 Å². The van der Waals surface area contributed by atoms with Crippen molar-refractivity contribution >= 4 is 23.4 Å². The molecule has 0 spiro atoms. The lowest BCUT2D eigenvalue weighted by Crippen LogP contribution is -2.39. The number of carbonyl (C=O) groups excluding carboxylic acids is 2. The third kappa shape index (κ3) is 4.48. The minimum absolute atomic E-state index is 0.0108. The fraction of sp³-hybridized carbons (Fsp3) is 0.333. The minimum Gasteiger partial charge on any atom is -0.354 e. The van der Waals surface area contributed by atoms with Crippen LogP contribution in [0.3, 0.4) is 0 Å². The van der Waals surface area contributed by atoms with Crippen molar-refractivity contribution in [3.63, 3.8) is 0 Å². The molecule has 1 fully saturated rings. The molecule has 4 nitrogen and oxygen atoms in total. The third-order valence-corrected chi connectivity index (χ3v) is 4.96. The van der Waals surface area contributed by atoms with Crippen LogP contribution >= 0.6 is 11.6 Å². The van der Waals surface area contributed by atoms with Crippen molar-refractivity contribution in [2.24, 2.45) is 5.92 Å². The van der Waals surface area contributed by atoms with E-state index in [-0.39, 0.29) is 36.1 Å². The van der Waals surface area contributed by atoms with Gasteiger partial charge in [-0.15, -0.1) is 0 Å². The van der Waals surface area contributed by atoms with Gasteiger partial charge in [0.2, 0.25) is 5.91 Å². The molecule has 2 amide bonds. The topological polar surface area (TPSA) is 49.4 Å². The molecule has 2 aromatic rings. The fourth-order valence-corrected chi connectivity index (χ4v) is 3.70. The number of carbonyl (C=O) groups is 2. The van der Waals surface area contributed by atoms with Gasteiger partial charge in [0.15, 0.2) is 0 Å². The van der Waals surface area contributed by atoms with Crippen LogP contribution in [-0.4, -0.2) is 35.8 Å². The van der Waals surface area contributed by atoms with Crippen molar-refractivity contribution in [3.8, 4) is 0 Å². The molecular formula is C21H22ClFN2O2. The van der Waals surface area contributed by atoms with E-state index in [0.29, 0.717) is 17.1 Å². The number of nitrogens with zero attached hydrogens (tertiary/aromatic N) is 1. The molecule has 0 aromatic heterocycles. The zero-order chi connectivity index (χ0) is 19.6. The molecule has 27 heavy (non-hydrogen) atoms. The number of amides is 2. The molecule has 1 saturated heterocycles. The number of benzene rings is 2. The molecule has 0 saturated carbocycles. The lowest BCUT2D eigenvalue weighted by atomic mass is 9.88. The monoisotopic (exact) mass is 388 g/mol. The maximum Gasteiger partial charge on any atom is 0.253 e. The van der Waals surface area contributed by atoms with Crippen LogP contribution in [0.25, 0.3) is 0 Å². The second-order valence-corrected chi connectivity index (χ2v) is 7.59. The Kier molecular flexibility index (Phi) is 5.80. The van der Waals surface area contributed by atoms with Crippen LogP contribution in [0.4, 0.5) is 4.39 Å². The van der Waals surface area contributed by atoms with Crippen LogP contribution in [-0.2, 0) is 4.79 Å². The quantitative estimate of drug-likeness (QED) is 0.864. The Morgan fingerprint density at radius 3 is 2.56 bits per heavy atom. The molecule has 0 radical (unpaired) electrons. The van der Waals surface area contributed by atoms with Crippen molar-refractivity contribution in [1.82, 2.24) is 10.2 Å². The van der Waals surface area contributed by atoms with Gasteiger partial charge >= 0.3 is 0 Å². The smallest absolute Gasteiger partial charge is 0.253 e. The number of hydrogen-bond acceptors (Lipinski definition) is 2. The maximum atomic E-state index is 13.7.